The smallest absolute Gasteiger partial charge is 0.410 e. The molecule has 104 valence electrons. The van der Waals surface area contributed by atoms with Gasteiger partial charge in [0.25, 0.3) is 0 Å². The van der Waals surface area contributed by atoms with Crippen molar-refractivity contribution in [3.05, 3.63) is 66.9 Å². The summed E-state index contributed by atoms with van der Waals surface area (Å²) in [5.41, 5.74) is 2.17. The number of anilines is 1. The van der Waals surface area contributed by atoms with E-state index >= 15 is 0 Å². The van der Waals surface area contributed by atoms with Gasteiger partial charge in [0.2, 0.25) is 0 Å². The lowest BCUT2D eigenvalue weighted by Crippen LogP contribution is -2.16. The largest absolute Gasteiger partial charge is 0.417 e. The quantitative estimate of drug-likeness (QED) is 0.788. The molecule has 0 spiro atoms. The van der Waals surface area contributed by atoms with Crippen LogP contribution >= 0.6 is 0 Å². The number of rotatable bonds is 3. The second-order valence-electron chi connectivity index (χ2n) is 4.29. The zero-order valence-electron chi connectivity index (χ0n) is 11.0. The Morgan fingerprint density at radius 2 is 1.90 bits per heavy atom. The third-order valence-corrected chi connectivity index (χ3v) is 2.80. The first kappa shape index (κ1) is 12.9. The van der Waals surface area contributed by atoms with Crippen LogP contribution in [0.3, 0.4) is 0 Å². The Kier molecular flexibility index (Phi) is 3.64. The minimum atomic E-state index is -0.543. The van der Waals surface area contributed by atoms with Gasteiger partial charge in [-0.3, -0.25) is 5.32 Å². The number of aromatic nitrogens is 1. The summed E-state index contributed by atoms with van der Waals surface area (Å²) in [6.07, 6.45) is 0.956. The number of carbonyl (C=O) groups is 1. The van der Waals surface area contributed by atoms with E-state index in [1.807, 2.05) is 18.2 Å². The van der Waals surface area contributed by atoms with Crippen LogP contribution in [0.1, 0.15) is 0 Å². The molecule has 3 rings (SSSR count). The van der Waals surface area contributed by atoms with E-state index in [9.17, 15) is 4.79 Å². The van der Waals surface area contributed by atoms with Gasteiger partial charge in [-0.2, -0.15) is 0 Å². The van der Waals surface area contributed by atoms with Crippen LogP contribution in [0.2, 0.25) is 0 Å². The molecule has 5 nitrogen and oxygen atoms in total. The third-order valence-electron chi connectivity index (χ3n) is 2.80. The Labute approximate surface area is 121 Å². The average molecular weight is 280 g/mol. The first-order chi connectivity index (χ1) is 10.3. The molecule has 0 unspecified atom stereocenters. The predicted octanol–water partition coefficient (Wildman–Crippen LogP) is 3.95. The van der Waals surface area contributed by atoms with Crippen LogP contribution in [0.15, 0.2) is 71.4 Å². The number of nitrogens with zero attached hydrogens (tertiary/aromatic N) is 1. The van der Waals surface area contributed by atoms with Crippen LogP contribution in [0, 0.1) is 0 Å². The molecule has 0 saturated carbocycles. The maximum atomic E-state index is 11.8. The first-order valence-corrected chi connectivity index (χ1v) is 6.36. The third kappa shape index (κ3) is 3.27. The minimum Gasteiger partial charge on any atom is -0.410 e. The van der Waals surface area contributed by atoms with Gasteiger partial charge in [-0.05, 0) is 24.3 Å². The van der Waals surface area contributed by atoms with Crippen molar-refractivity contribution in [3.8, 4) is 17.0 Å². The normalized spacial score (nSPS) is 10.1. The monoisotopic (exact) mass is 280 g/mol. The zero-order valence-corrected chi connectivity index (χ0v) is 11.0. The van der Waals surface area contributed by atoms with Crippen molar-refractivity contribution in [1.29, 1.82) is 0 Å². The van der Waals surface area contributed by atoms with Gasteiger partial charge in [-0.1, -0.05) is 35.5 Å². The van der Waals surface area contributed by atoms with Gasteiger partial charge in [0.1, 0.15) is 17.7 Å². The summed E-state index contributed by atoms with van der Waals surface area (Å²) < 4.78 is 9.97. The molecule has 1 N–H and O–H groups in total. The van der Waals surface area contributed by atoms with Gasteiger partial charge < -0.3 is 9.26 Å². The highest BCUT2D eigenvalue weighted by molar-refractivity contribution is 5.87. The lowest BCUT2D eigenvalue weighted by molar-refractivity contribution is 0.215. The highest BCUT2D eigenvalue weighted by Gasteiger charge is 2.07. The summed E-state index contributed by atoms with van der Waals surface area (Å²) in [7, 11) is 0. The first-order valence-electron chi connectivity index (χ1n) is 6.36. The molecular formula is C16H12N2O3. The molecule has 0 aliphatic heterocycles. The van der Waals surface area contributed by atoms with Crippen molar-refractivity contribution in [2.24, 2.45) is 0 Å². The van der Waals surface area contributed by atoms with E-state index < -0.39 is 6.09 Å². The molecule has 0 saturated heterocycles. The number of amides is 1. The number of hydrogen-bond donors (Lipinski definition) is 1. The summed E-state index contributed by atoms with van der Waals surface area (Å²) in [5.74, 6) is 0.489. The molecule has 21 heavy (non-hydrogen) atoms. The Bertz CT molecular complexity index is 724. The molecule has 0 fully saturated rings. The fourth-order valence-corrected chi connectivity index (χ4v) is 1.86. The standard InChI is InChI=1S/C16H12N2O3/c19-16(21-14-7-2-1-3-8-14)17-13-6-4-5-12(11-13)15-9-10-20-18-15/h1-11H,(H,17,19). The van der Waals surface area contributed by atoms with E-state index in [0.29, 0.717) is 17.1 Å². The molecule has 1 amide bonds. The van der Waals surface area contributed by atoms with Crippen molar-refractivity contribution in [2.45, 2.75) is 0 Å². The molecule has 5 heteroatoms. The molecule has 0 bridgehead atoms. The lowest BCUT2D eigenvalue weighted by Gasteiger charge is -2.07. The van der Waals surface area contributed by atoms with Crippen molar-refractivity contribution < 1.29 is 14.1 Å². The number of benzene rings is 2. The van der Waals surface area contributed by atoms with Gasteiger partial charge >= 0.3 is 6.09 Å². The van der Waals surface area contributed by atoms with Crippen LogP contribution in [0.4, 0.5) is 10.5 Å². The average Bonchev–Trinajstić information content (AvgIpc) is 3.02. The molecular weight excluding hydrogens is 268 g/mol. The molecule has 1 heterocycles. The molecule has 0 aliphatic carbocycles. The van der Waals surface area contributed by atoms with Gasteiger partial charge in [-0.15, -0.1) is 0 Å². The highest BCUT2D eigenvalue weighted by atomic mass is 16.6. The molecule has 2 aromatic carbocycles. The number of nitrogens with one attached hydrogen (secondary N) is 1. The Morgan fingerprint density at radius 3 is 2.67 bits per heavy atom. The van der Waals surface area contributed by atoms with E-state index in [-0.39, 0.29) is 0 Å². The second-order valence-corrected chi connectivity index (χ2v) is 4.29. The molecule has 0 aliphatic rings. The van der Waals surface area contributed by atoms with Gasteiger partial charge in [0, 0.05) is 17.3 Å². The van der Waals surface area contributed by atoms with Crippen molar-refractivity contribution >= 4 is 11.8 Å². The highest BCUT2D eigenvalue weighted by Crippen LogP contribution is 2.21. The van der Waals surface area contributed by atoms with Gasteiger partial charge in [-0.25, -0.2) is 4.79 Å². The van der Waals surface area contributed by atoms with Crippen LogP contribution < -0.4 is 10.1 Å². The summed E-state index contributed by atoms with van der Waals surface area (Å²) >= 11 is 0. The molecule has 1 aromatic heterocycles. The maximum Gasteiger partial charge on any atom is 0.417 e. The molecule has 0 radical (unpaired) electrons. The SMILES string of the molecule is O=C(Nc1cccc(-c2ccon2)c1)Oc1ccccc1. The van der Waals surface area contributed by atoms with Crippen LogP contribution in [-0.4, -0.2) is 11.2 Å². The maximum absolute atomic E-state index is 11.8. The van der Waals surface area contributed by atoms with Crippen molar-refractivity contribution in [3.63, 3.8) is 0 Å². The second kappa shape index (κ2) is 5.92. The Morgan fingerprint density at radius 1 is 1.05 bits per heavy atom. The van der Waals surface area contributed by atoms with E-state index in [0.717, 1.165) is 5.56 Å². The number of ether oxygens (including phenoxy) is 1. The Hall–Kier alpha value is -3.08. The van der Waals surface area contributed by atoms with Crippen LogP contribution in [0.25, 0.3) is 11.3 Å². The minimum absolute atomic E-state index is 0.489. The van der Waals surface area contributed by atoms with E-state index in [1.165, 1.54) is 6.26 Å². The fourth-order valence-electron chi connectivity index (χ4n) is 1.86. The van der Waals surface area contributed by atoms with Crippen molar-refractivity contribution in [1.82, 2.24) is 5.16 Å². The topological polar surface area (TPSA) is 64.4 Å². The van der Waals surface area contributed by atoms with Crippen molar-refractivity contribution in [2.75, 3.05) is 5.32 Å². The molecule has 0 atom stereocenters. The summed E-state index contributed by atoms with van der Waals surface area (Å²) in [4.78, 5) is 11.8. The predicted molar refractivity (Wildman–Crippen MR) is 78.0 cm³/mol. The number of hydrogen-bond acceptors (Lipinski definition) is 4. The summed E-state index contributed by atoms with van der Waals surface area (Å²) in [6.45, 7) is 0. The van der Waals surface area contributed by atoms with E-state index in [1.54, 1.807) is 42.5 Å². The van der Waals surface area contributed by atoms with Crippen LogP contribution in [0.5, 0.6) is 5.75 Å². The van der Waals surface area contributed by atoms with Crippen LogP contribution in [-0.2, 0) is 0 Å². The van der Waals surface area contributed by atoms with E-state index in [4.69, 9.17) is 9.26 Å². The summed E-state index contributed by atoms with van der Waals surface area (Å²) in [5, 5.41) is 6.53. The van der Waals surface area contributed by atoms with E-state index in [2.05, 4.69) is 10.5 Å². The van der Waals surface area contributed by atoms with Gasteiger partial charge in [0.15, 0.2) is 0 Å². The van der Waals surface area contributed by atoms with Gasteiger partial charge in [0.05, 0.1) is 0 Å². The number of carbonyl (C=O) groups excluding carboxylic acids is 1. The lowest BCUT2D eigenvalue weighted by atomic mass is 10.1. The zero-order chi connectivity index (χ0) is 14.5. The molecule has 3 aromatic rings. The number of para-hydroxylation sites is 1. The summed E-state index contributed by atoms with van der Waals surface area (Å²) in [6, 6.07) is 17.9. The fraction of sp³-hybridized carbons (Fsp3) is 0. The Balaban J connectivity index is 1.70.